The molecule has 2 aliphatic rings. The summed E-state index contributed by atoms with van der Waals surface area (Å²) < 4.78 is 11.6. The highest BCUT2D eigenvalue weighted by Crippen LogP contribution is 2.48. The summed E-state index contributed by atoms with van der Waals surface area (Å²) in [6.07, 6.45) is 6.43. The summed E-state index contributed by atoms with van der Waals surface area (Å²) in [5.74, 6) is -1.24. The number of ether oxygens (including phenoxy) is 2. The van der Waals surface area contributed by atoms with Gasteiger partial charge in [-0.25, -0.2) is 0 Å². The molecule has 0 atom stereocenters. The van der Waals surface area contributed by atoms with Gasteiger partial charge in [0.25, 0.3) is 0 Å². The van der Waals surface area contributed by atoms with Crippen molar-refractivity contribution in [3.05, 3.63) is 0 Å². The molecule has 7 nitrogen and oxygen atoms in total. The molecule has 24 heavy (non-hydrogen) atoms. The van der Waals surface area contributed by atoms with E-state index in [4.69, 9.17) is 15.9 Å². The number of carboxylic acid groups (broad SMARTS) is 2. The van der Waals surface area contributed by atoms with Crippen molar-refractivity contribution in [1.29, 1.82) is 0 Å². The molecule has 2 saturated heterocycles. The number of carbonyl (C=O) groups is 2. The predicted octanol–water partition coefficient (Wildman–Crippen LogP) is 1.17. The normalized spacial score (nSPS) is 27.3. The Hall–Kier alpha value is -1.62. The molecule has 134 valence electrons. The second kappa shape index (κ2) is 5.73. The second-order valence-electron chi connectivity index (χ2n) is 7.95. The van der Waals surface area contributed by atoms with Crippen molar-refractivity contribution in [3.63, 3.8) is 0 Å². The fourth-order valence-electron chi connectivity index (χ4n) is 4.05. The maximum absolute atomic E-state index is 11.4. The lowest BCUT2D eigenvalue weighted by atomic mass is 9.75. The van der Waals surface area contributed by atoms with E-state index in [0.717, 1.165) is 0 Å². The molecule has 0 radical (unpaired) electrons. The van der Waals surface area contributed by atoms with Gasteiger partial charge in [0.2, 0.25) is 5.41 Å². The number of likely N-dealkylation sites (tertiary alicyclic amines) is 1. The van der Waals surface area contributed by atoms with Crippen LogP contribution in [0.1, 0.15) is 40.5 Å². The summed E-state index contributed by atoms with van der Waals surface area (Å²) >= 11 is 0. The van der Waals surface area contributed by atoms with E-state index in [2.05, 4.69) is 10.8 Å². The predicted molar refractivity (Wildman–Crippen MR) is 85.3 cm³/mol. The maximum Gasteiger partial charge on any atom is 0.325 e. The Morgan fingerprint density at radius 3 is 1.79 bits per heavy atom. The molecule has 0 amide bonds. The van der Waals surface area contributed by atoms with E-state index in [0.29, 0.717) is 19.4 Å². The first kappa shape index (κ1) is 18.7. The number of hydrogen-bond acceptors (Lipinski definition) is 5. The van der Waals surface area contributed by atoms with Gasteiger partial charge < -0.3 is 19.7 Å². The molecule has 2 rings (SSSR count). The SMILES string of the molecule is C#CCN1C(C)(C)CC2(CC1(C)C)OCC(C(=O)O)(C(=O)O)CO2. The third-order valence-corrected chi connectivity index (χ3v) is 5.10. The summed E-state index contributed by atoms with van der Waals surface area (Å²) in [4.78, 5) is 25.0. The number of hydrogen-bond donors (Lipinski definition) is 2. The standard InChI is InChI=1S/C17H25NO6/c1-6-7-18-14(2,3)8-17(9-15(18,4)5)23-10-16(11-24-17,12(19)20)13(21)22/h1H,7-11H2,2-5H3,(H,19,20)(H,21,22). The third kappa shape index (κ3) is 2.90. The molecule has 2 aliphatic heterocycles. The Balaban J connectivity index is 2.27. The highest BCUT2D eigenvalue weighted by Gasteiger charge is 2.60. The zero-order valence-corrected chi connectivity index (χ0v) is 14.6. The van der Waals surface area contributed by atoms with Gasteiger partial charge in [0, 0.05) is 23.9 Å². The summed E-state index contributed by atoms with van der Waals surface area (Å²) in [5, 5.41) is 18.6. The van der Waals surface area contributed by atoms with E-state index >= 15 is 0 Å². The molecule has 2 fully saturated rings. The average molecular weight is 339 g/mol. The number of rotatable bonds is 3. The number of carboxylic acids is 2. The lowest BCUT2D eigenvalue weighted by molar-refractivity contribution is -0.335. The zero-order valence-electron chi connectivity index (χ0n) is 14.6. The van der Waals surface area contributed by atoms with Gasteiger partial charge in [0.15, 0.2) is 5.79 Å². The first-order valence-corrected chi connectivity index (χ1v) is 7.87. The number of terminal acetylenes is 1. The molecule has 0 aliphatic carbocycles. The van der Waals surface area contributed by atoms with Crippen LogP contribution < -0.4 is 0 Å². The van der Waals surface area contributed by atoms with E-state index in [9.17, 15) is 19.8 Å². The Morgan fingerprint density at radius 2 is 1.46 bits per heavy atom. The van der Waals surface area contributed by atoms with E-state index in [1.807, 2.05) is 27.7 Å². The second-order valence-corrected chi connectivity index (χ2v) is 7.95. The summed E-state index contributed by atoms with van der Waals surface area (Å²) in [5.41, 5.74) is -2.75. The highest BCUT2D eigenvalue weighted by molar-refractivity contribution is 5.98. The molecule has 2 heterocycles. The first-order chi connectivity index (χ1) is 10.9. The molecule has 0 aromatic carbocycles. The van der Waals surface area contributed by atoms with Crippen LogP contribution in [0, 0.1) is 17.8 Å². The van der Waals surface area contributed by atoms with Crippen molar-refractivity contribution in [2.24, 2.45) is 5.41 Å². The lowest BCUT2D eigenvalue weighted by Gasteiger charge is -2.59. The van der Waals surface area contributed by atoms with Gasteiger partial charge in [-0.05, 0) is 27.7 Å². The van der Waals surface area contributed by atoms with Gasteiger partial charge in [-0.15, -0.1) is 6.42 Å². The summed E-state index contributed by atoms with van der Waals surface area (Å²) in [6.45, 7) is 7.74. The fraction of sp³-hybridized carbons (Fsp3) is 0.765. The maximum atomic E-state index is 11.4. The summed E-state index contributed by atoms with van der Waals surface area (Å²) in [7, 11) is 0. The van der Waals surface area contributed by atoms with Crippen molar-refractivity contribution in [1.82, 2.24) is 4.90 Å². The third-order valence-electron chi connectivity index (χ3n) is 5.10. The van der Waals surface area contributed by atoms with Gasteiger partial charge in [0.1, 0.15) is 0 Å². The van der Waals surface area contributed by atoms with Crippen LogP contribution in [0.2, 0.25) is 0 Å². The van der Waals surface area contributed by atoms with Crippen LogP contribution in [0.15, 0.2) is 0 Å². The van der Waals surface area contributed by atoms with Gasteiger partial charge in [-0.3, -0.25) is 14.5 Å². The topological polar surface area (TPSA) is 96.3 Å². The van der Waals surface area contributed by atoms with Crippen LogP contribution in [0.5, 0.6) is 0 Å². The molecule has 0 unspecified atom stereocenters. The van der Waals surface area contributed by atoms with Crippen molar-refractivity contribution < 1.29 is 29.3 Å². The first-order valence-electron chi connectivity index (χ1n) is 7.87. The van der Waals surface area contributed by atoms with Gasteiger partial charge in [0.05, 0.1) is 19.8 Å². The Labute approximate surface area is 141 Å². The number of nitrogens with zero attached hydrogens (tertiary/aromatic N) is 1. The Kier molecular flexibility index (Phi) is 4.47. The Morgan fingerprint density at radius 1 is 1.04 bits per heavy atom. The van der Waals surface area contributed by atoms with E-state index in [1.165, 1.54) is 0 Å². The minimum Gasteiger partial charge on any atom is -0.480 e. The van der Waals surface area contributed by atoms with Gasteiger partial charge in [-0.1, -0.05) is 5.92 Å². The molecule has 1 spiro atoms. The van der Waals surface area contributed by atoms with Crippen molar-refractivity contribution in [3.8, 4) is 12.3 Å². The van der Waals surface area contributed by atoms with Crippen LogP contribution >= 0.6 is 0 Å². The number of piperidine rings is 1. The monoisotopic (exact) mass is 339 g/mol. The molecular weight excluding hydrogens is 314 g/mol. The van der Waals surface area contributed by atoms with Crippen LogP contribution in [-0.4, -0.2) is 63.7 Å². The molecule has 7 heteroatoms. The smallest absolute Gasteiger partial charge is 0.325 e. The van der Waals surface area contributed by atoms with Crippen LogP contribution in [0.25, 0.3) is 0 Å². The van der Waals surface area contributed by atoms with Gasteiger partial charge in [-0.2, -0.15) is 0 Å². The minimum absolute atomic E-state index is 0.347. The van der Waals surface area contributed by atoms with E-state index < -0.39 is 36.4 Å². The van der Waals surface area contributed by atoms with Crippen LogP contribution in [0.3, 0.4) is 0 Å². The quantitative estimate of drug-likeness (QED) is 0.588. The fourth-order valence-corrected chi connectivity index (χ4v) is 4.05. The number of aliphatic carboxylic acids is 2. The zero-order chi connectivity index (χ0) is 18.4. The molecule has 2 N–H and O–H groups in total. The van der Waals surface area contributed by atoms with Crippen molar-refractivity contribution in [2.45, 2.75) is 57.4 Å². The molecule has 0 aromatic heterocycles. The lowest BCUT2D eigenvalue weighted by Crippen LogP contribution is -2.69. The molecular formula is C17H25NO6. The van der Waals surface area contributed by atoms with Crippen LogP contribution in [-0.2, 0) is 19.1 Å². The average Bonchev–Trinajstić information content (AvgIpc) is 2.42. The minimum atomic E-state index is -2.06. The highest BCUT2D eigenvalue weighted by atomic mass is 16.7. The van der Waals surface area contributed by atoms with Crippen molar-refractivity contribution >= 4 is 11.9 Å². The largest absolute Gasteiger partial charge is 0.480 e. The van der Waals surface area contributed by atoms with Crippen molar-refractivity contribution in [2.75, 3.05) is 19.8 Å². The molecule has 0 aromatic rings. The van der Waals surface area contributed by atoms with E-state index in [-0.39, 0.29) is 11.1 Å². The van der Waals surface area contributed by atoms with Gasteiger partial charge >= 0.3 is 11.9 Å². The Bertz CT molecular complexity index is 544. The molecule has 0 saturated carbocycles. The summed E-state index contributed by atoms with van der Waals surface area (Å²) in [6, 6.07) is 0. The molecule has 0 bridgehead atoms. The van der Waals surface area contributed by atoms with Crippen LogP contribution in [0.4, 0.5) is 0 Å². The van der Waals surface area contributed by atoms with E-state index in [1.54, 1.807) is 0 Å².